The molecule has 28 heavy (non-hydrogen) atoms. The normalized spacial score (nSPS) is 26.5. The number of hydrogen-bond donors (Lipinski definition) is 1. The summed E-state index contributed by atoms with van der Waals surface area (Å²) in [6.45, 7) is 3.10. The summed E-state index contributed by atoms with van der Waals surface area (Å²) in [5.74, 6) is 0.361. The summed E-state index contributed by atoms with van der Waals surface area (Å²) in [6.07, 6.45) is 7.91. The molecule has 1 saturated heterocycles. The Bertz CT molecular complexity index is 827. The number of sulfonamides is 1. The third-order valence-corrected chi connectivity index (χ3v) is 8.24. The van der Waals surface area contributed by atoms with E-state index in [2.05, 4.69) is 5.32 Å². The van der Waals surface area contributed by atoms with Crippen LogP contribution in [0.3, 0.4) is 0 Å². The number of benzene rings is 1. The number of carbonyl (C=O) groups excluding carboxylic acids is 1. The summed E-state index contributed by atoms with van der Waals surface area (Å²) in [5, 5.41) is 3.13. The average Bonchev–Trinajstić information content (AvgIpc) is 3.06. The predicted octanol–water partition coefficient (Wildman–Crippen LogP) is 3.17. The van der Waals surface area contributed by atoms with Gasteiger partial charge in [-0.15, -0.1) is 0 Å². The highest BCUT2D eigenvalue weighted by atomic mass is 32.2. The van der Waals surface area contributed by atoms with Gasteiger partial charge < -0.3 is 10.1 Å². The number of ether oxygens (including phenoxy) is 1. The van der Waals surface area contributed by atoms with Gasteiger partial charge in [0.15, 0.2) is 6.10 Å². The minimum atomic E-state index is -3.49. The van der Waals surface area contributed by atoms with E-state index in [-0.39, 0.29) is 17.9 Å². The predicted molar refractivity (Wildman–Crippen MR) is 107 cm³/mol. The molecule has 4 rings (SSSR count). The zero-order chi connectivity index (χ0) is 19.7. The van der Waals surface area contributed by atoms with Crippen molar-refractivity contribution in [1.82, 2.24) is 9.62 Å². The first-order valence-electron chi connectivity index (χ1n) is 10.6. The molecular formula is C21H30N2O4S. The fraction of sp³-hybridized carbons (Fsp3) is 0.667. The van der Waals surface area contributed by atoms with E-state index in [1.165, 1.54) is 6.42 Å². The average molecular weight is 407 g/mol. The number of nitrogens with one attached hydrogen (secondary N) is 1. The van der Waals surface area contributed by atoms with E-state index in [4.69, 9.17) is 4.74 Å². The Morgan fingerprint density at radius 2 is 1.75 bits per heavy atom. The topological polar surface area (TPSA) is 75.7 Å². The van der Waals surface area contributed by atoms with Crippen LogP contribution in [0.2, 0.25) is 0 Å². The van der Waals surface area contributed by atoms with Crippen LogP contribution in [0.25, 0.3) is 0 Å². The zero-order valence-corrected chi connectivity index (χ0v) is 17.3. The third-order valence-electron chi connectivity index (χ3n) is 6.34. The highest BCUT2D eigenvalue weighted by molar-refractivity contribution is 7.89. The number of hydrogen-bond acceptors (Lipinski definition) is 4. The van der Waals surface area contributed by atoms with E-state index in [1.807, 2.05) is 6.92 Å². The van der Waals surface area contributed by atoms with E-state index in [0.29, 0.717) is 23.7 Å². The van der Waals surface area contributed by atoms with E-state index >= 15 is 0 Å². The van der Waals surface area contributed by atoms with Gasteiger partial charge in [0.2, 0.25) is 10.0 Å². The van der Waals surface area contributed by atoms with Crippen LogP contribution in [0.4, 0.5) is 0 Å². The van der Waals surface area contributed by atoms with Gasteiger partial charge in [0.1, 0.15) is 5.75 Å². The molecule has 1 aromatic rings. The Balaban J connectivity index is 1.50. The van der Waals surface area contributed by atoms with Gasteiger partial charge in [-0.05, 0) is 43.9 Å². The molecule has 0 radical (unpaired) electrons. The molecule has 1 aromatic carbocycles. The molecule has 3 aliphatic rings. The molecule has 2 fully saturated rings. The number of nitrogens with zero attached hydrogens (tertiary/aromatic N) is 1. The van der Waals surface area contributed by atoms with Gasteiger partial charge >= 0.3 is 0 Å². The first kappa shape index (κ1) is 19.7. The van der Waals surface area contributed by atoms with Crippen molar-refractivity contribution in [3.05, 3.63) is 23.8 Å². The minimum Gasteiger partial charge on any atom is -0.480 e. The standard InChI is InChI=1S/C21H30N2O4S/c1-15-18-14-17(28(25,26)23-12-6-3-7-13-23)10-11-19(18)27-20(15)21(24)22-16-8-4-2-5-9-16/h10-11,14-16,20H,2-9,12-13H2,1H3,(H,22,24). The summed E-state index contributed by atoms with van der Waals surface area (Å²) in [6, 6.07) is 5.25. The maximum Gasteiger partial charge on any atom is 0.261 e. The van der Waals surface area contributed by atoms with Crippen LogP contribution in [-0.2, 0) is 14.8 Å². The molecule has 1 amide bonds. The SMILES string of the molecule is CC1c2cc(S(=O)(=O)N3CCCCC3)ccc2OC1C(=O)NC1CCCCC1. The highest BCUT2D eigenvalue weighted by Gasteiger charge is 2.38. The smallest absolute Gasteiger partial charge is 0.261 e. The summed E-state index contributed by atoms with van der Waals surface area (Å²) < 4.78 is 33.4. The van der Waals surface area contributed by atoms with Gasteiger partial charge in [-0.1, -0.05) is 32.6 Å². The maximum atomic E-state index is 13.0. The third kappa shape index (κ3) is 3.79. The van der Waals surface area contributed by atoms with Gasteiger partial charge in [0.05, 0.1) is 4.90 Å². The molecule has 0 spiro atoms. The van der Waals surface area contributed by atoms with Gasteiger partial charge in [-0.2, -0.15) is 4.31 Å². The van der Waals surface area contributed by atoms with Gasteiger partial charge in [-0.25, -0.2) is 8.42 Å². The minimum absolute atomic E-state index is 0.0870. The monoisotopic (exact) mass is 406 g/mol. The molecule has 2 aliphatic heterocycles. The van der Waals surface area contributed by atoms with Crippen LogP contribution >= 0.6 is 0 Å². The molecule has 0 aromatic heterocycles. The van der Waals surface area contributed by atoms with Crippen molar-refractivity contribution in [2.75, 3.05) is 13.1 Å². The lowest BCUT2D eigenvalue weighted by molar-refractivity contribution is -0.128. The lowest BCUT2D eigenvalue weighted by Gasteiger charge is -2.26. The maximum absolute atomic E-state index is 13.0. The number of fused-ring (bicyclic) bond motifs is 1. The van der Waals surface area contributed by atoms with Crippen LogP contribution in [0.15, 0.2) is 23.1 Å². The Labute approximate surface area is 167 Å². The fourth-order valence-corrected chi connectivity index (χ4v) is 6.17. The van der Waals surface area contributed by atoms with Crippen LogP contribution in [0.5, 0.6) is 5.75 Å². The number of piperidine rings is 1. The zero-order valence-electron chi connectivity index (χ0n) is 16.5. The van der Waals surface area contributed by atoms with E-state index in [9.17, 15) is 13.2 Å². The van der Waals surface area contributed by atoms with Gasteiger partial charge in [0.25, 0.3) is 5.91 Å². The van der Waals surface area contributed by atoms with Gasteiger partial charge in [-0.3, -0.25) is 4.79 Å². The van der Waals surface area contributed by atoms with Crippen molar-refractivity contribution >= 4 is 15.9 Å². The summed E-state index contributed by atoms with van der Waals surface area (Å²) in [4.78, 5) is 13.1. The van der Waals surface area contributed by atoms with Crippen LogP contribution < -0.4 is 10.1 Å². The second kappa shape index (κ2) is 8.03. The molecule has 0 bridgehead atoms. The molecular weight excluding hydrogens is 376 g/mol. The summed E-state index contributed by atoms with van der Waals surface area (Å²) in [5.41, 5.74) is 0.807. The number of carbonyl (C=O) groups is 1. The van der Waals surface area contributed by atoms with Crippen molar-refractivity contribution in [3.63, 3.8) is 0 Å². The molecule has 2 heterocycles. The number of rotatable bonds is 4. The van der Waals surface area contributed by atoms with Crippen molar-refractivity contribution in [3.8, 4) is 5.75 Å². The van der Waals surface area contributed by atoms with E-state index < -0.39 is 16.1 Å². The van der Waals surface area contributed by atoms with Crippen molar-refractivity contribution < 1.29 is 17.9 Å². The van der Waals surface area contributed by atoms with Crippen molar-refractivity contribution in [2.45, 2.75) is 81.2 Å². The molecule has 2 atom stereocenters. The Morgan fingerprint density at radius 3 is 2.46 bits per heavy atom. The Morgan fingerprint density at radius 1 is 1.07 bits per heavy atom. The lowest BCUT2D eigenvalue weighted by Crippen LogP contribution is -2.44. The second-order valence-electron chi connectivity index (χ2n) is 8.34. The molecule has 2 unspecified atom stereocenters. The molecule has 154 valence electrons. The van der Waals surface area contributed by atoms with Crippen LogP contribution in [0, 0.1) is 0 Å². The Hall–Kier alpha value is -1.60. The first-order valence-corrected chi connectivity index (χ1v) is 12.0. The second-order valence-corrected chi connectivity index (χ2v) is 10.3. The lowest BCUT2D eigenvalue weighted by atomic mass is 9.94. The highest BCUT2D eigenvalue weighted by Crippen LogP contribution is 2.40. The van der Waals surface area contributed by atoms with Crippen LogP contribution in [-0.4, -0.2) is 43.9 Å². The summed E-state index contributed by atoms with van der Waals surface area (Å²) in [7, 11) is -3.49. The largest absolute Gasteiger partial charge is 0.480 e. The summed E-state index contributed by atoms with van der Waals surface area (Å²) >= 11 is 0. The van der Waals surface area contributed by atoms with E-state index in [1.54, 1.807) is 22.5 Å². The van der Waals surface area contributed by atoms with Crippen molar-refractivity contribution in [1.29, 1.82) is 0 Å². The molecule has 1 N–H and O–H groups in total. The number of amides is 1. The fourth-order valence-electron chi connectivity index (χ4n) is 4.62. The molecule has 1 saturated carbocycles. The van der Waals surface area contributed by atoms with Crippen molar-refractivity contribution in [2.24, 2.45) is 0 Å². The first-order chi connectivity index (χ1) is 13.5. The quantitative estimate of drug-likeness (QED) is 0.833. The Kier molecular flexibility index (Phi) is 5.65. The van der Waals surface area contributed by atoms with Gasteiger partial charge in [0, 0.05) is 30.6 Å². The van der Waals surface area contributed by atoms with Crippen LogP contribution in [0.1, 0.15) is 69.8 Å². The van der Waals surface area contributed by atoms with E-state index in [0.717, 1.165) is 50.5 Å². The molecule has 1 aliphatic carbocycles. The molecule has 6 nitrogen and oxygen atoms in total. The molecule has 7 heteroatoms.